The van der Waals surface area contributed by atoms with E-state index in [2.05, 4.69) is 0 Å². The molecular formula is C10H13BF2O2. The smallest absolute Gasteiger partial charge is 0.423 e. The van der Waals surface area contributed by atoms with Crippen molar-refractivity contribution in [1.82, 2.24) is 0 Å². The van der Waals surface area contributed by atoms with Crippen LogP contribution in [-0.4, -0.2) is 18.7 Å². The van der Waals surface area contributed by atoms with E-state index in [1.54, 1.807) is 12.1 Å². The van der Waals surface area contributed by atoms with Crippen LogP contribution in [0.1, 0.15) is 19.8 Å². The van der Waals surface area contributed by atoms with Crippen molar-refractivity contribution in [3.63, 3.8) is 0 Å². The summed E-state index contributed by atoms with van der Waals surface area (Å²) in [5.41, 5.74) is 0.0411. The van der Waals surface area contributed by atoms with Crippen molar-refractivity contribution in [2.45, 2.75) is 18.8 Å². The normalized spacial score (nSPS) is 20.3. The molecule has 82 valence electrons. The van der Waals surface area contributed by atoms with Gasteiger partial charge in [0.15, 0.2) is 0 Å². The summed E-state index contributed by atoms with van der Waals surface area (Å²) >= 11 is 0. The van der Waals surface area contributed by atoms with Crippen LogP contribution in [0, 0.1) is 0 Å². The number of hydrogen-bond acceptors (Lipinski definition) is 2. The van der Waals surface area contributed by atoms with Gasteiger partial charge in [0.1, 0.15) is 0 Å². The third kappa shape index (κ3) is 2.03. The number of halogens is 2. The number of rotatable bonds is 0. The summed E-state index contributed by atoms with van der Waals surface area (Å²) in [5.74, 6) is -2.87. The lowest BCUT2D eigenvalue weighted by molar-refractivity contribution is -0.0196. The fourth-order valence-corrected chi connectivity index (χ4v) is 1.76. The zero-order valence-corrected chi connectivity index (χ0v) is 8.12. The lowest BCUT2D eigenvalue weighted by atomic mass is 9.73. The topological polar surface area (TPSA) is 29.5 Å². The lowest BCUT2D eigenvalue weighted by Gasteiger charge is -2.24. The molecule has 0 bridgehead atoms. The minimum absolute atomic E-state index is 0. The van der Waals surface area contributed by atoms with Gasteiger partial charge in [-0.2, -0.15) is 0 Å². The van der Waals surface area contributed by atoms with E-state index >= 15 is 0 Å². The Hall–Kier alpha value is -0.935. The molecule has 2 rings (SSSR count). The van der Waals surface area contributed by atoms with Crippen molar-refractivity contribution in [2.24, 2.45) is 0 Å². The van der Waals surface area contributed by atoms with Gasteiger partial charge in [0.2, 0.25) is 0 Å². The largest absolute Gasteiger partial charge is 0.491 e. The predicted molar refractivity (Wildman–Crippen MR) is 55.2 cm³/mol. The maximum atomic E-state index is 13.6. The van der Waals surface area contributed by atoms with Gasteiger partial charge in [0.05, 0.1) is 0 Å². The molecule has 0 saturated heterocycles. The first-order valence-electron chi connectivity index (χ1n) is 4.88. The van der Waals surface area contributed by atoms with Crippen LogP contribution in [-0.2, 0) is 10.6 Å². The quantitative estimate of drug-likeness (QED) is 0.663. The van der Waals surface area contributed by atoms with Gasteiger partial charge in [0.25, 0.3) is 5.92 Å². The van der Waals surface area contributed by atoms with E-state index in [9.17, 15) is 13.8 Å². The van der Waals surface area contributed by atoms with Gasteiger partial charge in [-0.25, -0.2) is 8.78 Å². The van der Waals surface area contributed by atoms with Crippen LogP contribution in [0.15, 0.2) is 24.3 Å². The Morgan fingerprint density at radius 1 is 1.40 bits per heavy atom. The SMILES string of the molecule is OB1OCCCC(F)(F)c2ccccc21.[HH]. The fourth-order valence-electron chi connectivity index (χ4n) is 1.76. The number of fused-ring (bicyclic) bond motifs is 1. The summed E-state index contributed by atoms with van der Waals surface area (Å²) in [4.78, 5) is 0. The molecule has 0 aliphatic carbocycles. The van der Waals surface area contributed by atoms with Crippen LogP contribution in [0.2, 0.25) is 0 Å². The van der Waals surface area contributed by atoms with E-state index in [0.29, 0.717) is 0 Å². The van der Waals surface area contributed by atoms with Crippen LogP contribution < -0.4 is 5.46 Å². The van der Waals surface area contributed by atoms with E-state index in [-0.39, 0.29) is 31.9 Å². The van der Waals surface area contributed by atoms with Crippen LogP contribution >= 0.6 is 0 Å². The molecular weight excluding hydrogens is 201 g/mol. The van der Waals surface area contributed by atoms with Gasteiger partial charge in [-0.3, -0.25) is 0 Å². The summed E-state index contributed by atoms with van der Waals surface area (Å²) in [7, 11) is -1.24. The highest BCUT2D eigenvalue weighted by Gasteiger charge is 2.37. The second kappa shape index (κ2) is 3.91. The number of benzene rings is 1. The zero-order valence-electron chi connectivity index (χ0n) is 8.12. The molecule has 0 spiro atoms. The van der Waals surface area contributed by atoms with E-state index in [4.69, 9.17) is 4.65 Å². The first-order chi connectivity index (χ1) is 7.11. The highest BCUT2D eigenvalue weighted by molar-refractivity contribution is 6.60. The third-order valence-corrected chi connectivity index (χ3v) is 2.53. The van der Waals surface area contributed by atoms with Gasteiger partial charge < -0.3 is 9.68 Å². The molecule has 1 heterocycles. The molecule has 0 aromatic heterocycles. The van der Waals surface area contributed by atoms with Gasteiger partial charge >= 0.3 is 7.12 Å². The standard InChI is InChI=1S/C10H11BF2O2.H2/c12-10(13)6-3-7-15-11(14)9-5-2-1-4-8(9)10;/h1-2,4-5,14H,3,6-7H2;1H. The summed E-state index contributed by atoms with van der Waals surface area (Å²) in [6.45, 7) is 0.158. The fraction of sp³-hybridized carbons (Fsp3) is 0.400. The molecule has 0 amide bonds. The summed E-state index contributed by atoms with van der Waals surface area (Å²) in [5, 5.41) is 9.54. The molecule has 0 atom stereocenters. The Balaban J connectivity index is 0.00000128. The Bertz CT molecular complexity index is 362. The maximum Gasteiger partial charge on any atom is 0.491 e. The molecule has 1 N–H and O–H groups in total. The van der Waals surface area contributed by atoms with Crippen molar-refractivity contribution in [3.8, 4) is 0 Å². The molecule has 0 unspecified atom stereocenters. The average molecular weight is 214 g/mol. The summed E-state index contributed by atoms with van der Waals surface area (Å²) in [6, 6.07) is 5.97. The van der Waals surface area contributed by atoms with Crippen LogP contribution in [0.5, 0.6) is 0 Å². The first kappa shape index (κ1) is 10.6. The van der Waals surface area contributed by atoms with E-state index in [0.717, 1.165) is 0 Å². The molecule has 15 heavy (non-hydrogen) atoms. The monoisotopic (exact) mass is 214 g/mol. The van der Waals surface area contributed by atoms with Gasteiger partial charge in [-0.15, -0.1) is 0 Å². The average Bonchev–Trinajstić information content (AvgIpc) is 2.23. The maximum absolute atomic E-state index is 13.6. The van der Waals surface area contributed by atoms with Gasteiger partial charge in [-0.05, 0) is 11.9 Å². The molecule has 0 saturated carbocycles. The third-order valence-electron chi connectivity index (χ3n) is 2.53. The van der Waals surface area contributed by atoms with Gasteiger partial charge in [-0.1, -0.05) is 24.3 Å². The predicted octanol–water partition coefficient (Wildman–Crippen LogP) is 1.52. The molecule has 1 aromatic carbocycles. The lowest BCUT2D eigenvalue weighted by Crippen LogP contribution is -2.41. The summed E-state index contributed by atoms with van der Waals surface area (Å²) in [6.07, 6.45) is 0.00906. The summed E-state index contributed by atoms with van der Waals surface area (Å²) < 4.78 is 32.3. The van der Waals surface area contributed by atoms with E-state index in [1.165, 1.54) is 12.1 Å². The number of hydrogen-bond donors (Lipinski definition) is 1. The Morgan fingerprint density at radius 3 is 2.93 bits per heavy atom. The van der Waals surface area contributed by atoms with Crippen molar-refractivity contribution in [3.05, 3.63) is 29.8 Å². The highest BCUT2D eigenvalue weighted by Crippen LogP contribution is 2.32. The highest BCUT2D eigenvalue weighted by atomic mass is 19.3. The number of alkyl halides is 2. The second-order valence-corrected chi connectivity index (χ2v) is 3.62. The van der Waals surface area contributed by atoms with Crippen molar-refractivity contribution >= 4 is 12.6 Å². The first-order valence-corrected chi connectivity index (χ1v) is 4.88. The Labute approximate surface area is 88.5 Å². The van der Waals surface area contributed by atoms with Crippen molar-refractivity contribution < 1.29 is 19.9 Å². The van der Waals surface area contributed by atoms with Crippen LogP contribution in [0.3, 0.4) is 0 Å². The molecule has 5 heteroatoms. The molecule has 1 aliphatic rings. The molecule has 1 aliphatic heterocycles. The molecule has 0 radical (unpaired) electrons. The molecule has 0 fully saturated rings. The van der Waals surface area contributed by atoms with E-state index < -0.39 is 13.0 Å². The van der Waals surface area contributed by atoms with Crippen molar-refractivity contribution in [1.29, 1.82) is 0 Å². The minimum Gasteiger partial charge on any atom is -0.423 e. The Morgan fingerprint density at radius 2 is 2.13 bits per heavy atom. The molecule has 2 nitrogen and oxygen atoms in total. The van der Waals surface area contributed by atoms with E-state index in [1.807, 2.05) is 0 Å². The minimum atomic E-state index is -2.87. The Kier molecular flexibility index (Phi) is 2.75. The zero-order chi connectivity index (χ0) is 10.9. The molecule has 1 aromatic rings. The van der Waals surface area contributed by atoms with Crippen LogP contribution in [0.25, 0.3) is 0 Å². The van der Waals surface area contributed by atoms with Crippen LogP contribution in [0.4, 0.5) is 8.78 Å². The van der Waals surface area contributed by atoms with Crippen molar-refractivity contribution in [2.75, 3.05) is 6.61 Å². The van der Waals surface area contributed by atoms with Gasteiger partial charge in [0, 0.05) is 20.0 Å². The second-order valence-electron chi connectivity index (χ2n) is 3.62.